The molecule has 0 bridgehead atoms. The Morgan fingerprint density at radius 3 is 2.83 bits per heavy atom. The fourth-order valence-corrected chi connectivity index (χ4v) is 2.32. The van der Waals surface area contributed by atoms with Crippen molar-refractivity contribution in [2.45, 2.75) is 19.3 Å². The maximum atomic E-state index is 13.9. The van der Waals surface area contributed by atoms with Crippen molar-refractivity contribution in [3.8, 4) is 11.1 Å². The molecule has 0 atom stereocenters. The van der Waals surface area contributed by atoms with Crippen LogP contribution in [-0.4, -0.2) is 5.16 Å². The molecule has 1 heterocycles. The molecule has 1 aromatic carbocycles. The summed E-state index contributed by atoms with van der Waals surface area (Å²) in [7, 11) is 0. The van der Waals surface area contributed by atoms with Gasteiger partial charge in [-0.15, -0.1) is 0 Å². The quantitative estimate of drug-likeness (QED) is 0.922. The van der Waals surface area contributed by atoms with Gasteiger partial charge in [0.25, 0.3) is 0 Å². The van der Waals surface area contributed by atoms with Gasteiger partial charge >= 0.3 is 0 Å². The Labute approximate surface area is 109 Å². The molecule has 0 amide bonds. The molecule has 1 aliphatic rings. The largest absolute Gasteiger partial charge is 0.380 e. The Morgan fingerprint density at radius 1 is 1.39 bits per heavy atom. The molecule has 5 heteroatoms. The lowest BCUT2D eigenvalue weighted by molar-refractivity contribution is 0.381. The molecule has 3 rings (SSSR count). The van der Waals surface area contributed by atoms with Crippen LogP contribution in [0.15, 0.2) is 22.7 Å². The van der Waals surface area contributed by atoms with Gasteiger partial charge in [0.15, 0.2) is 5.82 Å². The summed E-state index contributed by atoms with van der Waals surface area (Å²) >= 11 is 6.05. The number of nitrogens with zero attached hydrogens (tertiary/aromatic N) is 1. The zero-order valence-electron chi connectivity index (χ0n) is 9.62. The van der Waals surface area contributed by atoms with E-state index >= 15 is 0 Å². The van der Waals surface area contributed by atoms with Crippen molar-refractivity contribution in [1.29, 1.82) is 0 Å². The second-order valence-electron chi connectivity index (χ2n) is 4.61. The average Bonchev–Trinajstić information content (AvgIpc) is 3.07. The third-order valence-electron chi connectivity index (χ3n) is 3.17. The van der Waals surface area contributed by atoms with E-state index in [1.165, 1.54) is 18.9 Å². The number of hydrogen-bond donors (Lipinski definition) is 1. The van der Waals surface area contributed by atoms with Crippen LogP contribution in [0.4, 0.5) is 10.2 Å². The summed E-state index contributed by atoms with van der Waals surface area (Å²) in [6.07, 6.45) is 3.08. The second-order valence-corrected chi connectivity index (χ2v) is 5.02. The van der Waals surface area contributed by atoms with E-state index in [0.717, 1.165) is 6.42 Å². The van der Waals surface area contributed by atoms with Crippen molar-refractivity contribution in [3.63, 3.8) is 0 Å². The van der Waals surface area contributed by atoms with Crippen LogP contribution in [0.5, 0.6) is 0 Å². The number of nitrogen functional groups attached to an aromatic ring is 1. The molecule has 0 unspecified atom stereocenters. The first kappa shape index (κ1) is 11.5. The van der Waals surface area contributed by atoms with E-state index in [-0.39, 0.29) is 11.4 Å². The van der Waals surface area contributed by atoms with Crippen LogP contribution in [0.1, 0.15) is 18.6 Å². The lowest BCUT2D eigenvalue weighted by Gasteiger charge is -2.06. The molecule has 2 N–H and O–H groups in total. The number of nitrogens with two attached hydrogens (primary N) is 1. The smallest absolute Gasteiger partial charge is 0.175 e. The third-order valence-corrected chi connectivity index (χ3v) is 3.49. The first-order valence-corrected chi connectivity index (χ1v) is 6.23. The van der Waals surface area contributed by atoms with Gasteiger partial charge in [-0.2, -0.15) is 0 Å². The molecule has 0 radical (unpaired) electrons. The average molecular weight is 267 g/mol. The second kappa shape index (κ2) is 4.28. The maximum Gasteiger partial charge on any atom is 0.175 e. The van der Waals surface area contributed by atoms with Crippen molar-refractivity contribution >= 4 is 17.4 Å². The number of anilines is 1. The molecule has 0 saturated heterocycles. The van der Waals surface area contributed by atoms with Crippen LogP contribution in [-0.2, 0) is 6.42 Å². The molecule has 1 aliphatic carbocycles. The highest BCUT2D eigenvalue weighted by Gasteiger charge is 2.28. The van der Waals surface area contributed by atoms with Crippen molar-refractivity contribution in [1.82, 2.24) is 5.16 Å². The number of aromatic nitrogens is 1. The summed E-state index contributed by atoms with van der Waals surface area (Å²) in [5, 5.41) is 4.05. The molecule has 3 nitrogen and oxygen atoms in total. The Morgan fingerprint density at radius 2 is 2.17 bits per heavy atom. The van der Waals surface area contributed by atoms with Gasteiger partial charge in [0.05, 0.1) is 10.6 Å². The van der Waals surface area contributed by atoms with Crippen LogP contribution < -0.4 is 5.73 Å². The summed E-state index contributed by atoms with van der Waals surface area (Å²) < 4.78 is 19.1. The normalized spacial score (nSPS) is 15.0. The summed E-state index contributed by atoms with van der Waals surface area (Å²) in [6.45, 7) is 0. The van der Waals surface area contributed by atoms with Gasteiger partial charge in [-0.05, 0) is 30.9 Å². The number of rotatable bonds is 3. The van der Waals surface area contributed by atoms with Crippen molar-refractivity contribution in [2.24, 2.45) is 5.92 Å². The van der Waals surface area contributed by atoms with Crippen LogP contribution in [0.2, 0.25) is 5.02 Å². The van der Waals surface area contributed by atoms with Crippen molar-refractivity contribution in [3.05, 3.63) is 34.8 Å². The predicted octanol–water partition coefficient (Wildman–Crippen LogP) is 3.67. The van der Waals surface area contributed by atoms with Gasteiger partial charge in [-0.25, -0.2) is 4.39 Å². The topological polar surface area (TPSA) is 52.0 Å². The molecule has 0 aliphatic heterocycles. The standard InChI is InChI=1S/C13H12ClFN2O/c14-8-2-1-3-9(15)11(8)12-10(6-7-4-5-7)18-17-13(12)16/h1-3,7H,4-6H2,(H2,16,17). The molecule has 94 valence electrons. The summed E-state index contributed by atoms with van der Waals surface area (Å²) in [4.78, 5) is 0. The minimum absolute atomic E-state index is 0.192. The van der Waals surface area contributed by atoms with Crippen molar-refractivity contribution < 1.29 is 8.91 Å². The molecule has 0 spiro atoms. The lowest BCUT2D eigenvalue weighted by atomic mass is 10.0. The fourth-order valence-electron chi connectivity index (χ4n) is 2.07. The lowest BCUT2D eigenvalue weighted by Crippen LogP contribution is -1.95. The predicted molar refractivity (Wildman–Crippen MR) is 67.7 cm³/mol. The maximum absolute atomic E-state index is 13.9. The van der Waals surface area contributed by atoms with Crippen LogP contribution in [0.3, 0.4) is 0 Å². The fraction of sp³-hybridized carbons (Fsp3) is 0.308. The first-order chi connectivity index (χ1) is 8.66. The van der Waals surface area contributed by atoms with E-state index < -0.39 is 5.82 Å². The van der Waals surface area contributed by atoms with Gasteiger partial charge in [0.2, 0.25) is 0 Å². The number of halogens is 2. The van der Waals surface area contributed by atoms with Crippen LogP contribution >= 0.6 is 11.6 Å². The van der Waals surface area contributed by atoms with Gasteiger partial charge in [0, 0.05) is 12.0 Å². The highest BCUT2D eigenvalue weighted by atomic mass is 35.5. The number of hydrogen-bond acceptors (Lipinski definition) is 3. The molecular weight excluding hydrogens is 255 g/mol. The zero-order valence-corrected chi connectivity index (χ0v) is 10.4. The molecule has 18 heavy (non-hydrogen) atoms. The molecule has 1 fully saturated rings. The highest BCUT2D eigenvalue weighted by Crippen LogP contribution is 2.40. The van der Waals surface area contributed by atoms with E-state index in [9.17, 15) is 4.39 Å². The van der Waals surface area contributed by atoms with Gasteiger partial charge in [0.1, 0.15) is 11.6 Å². The van der Waals surface area contributed by atoms with Crippen molar-refractivity contribution in [2.75, 3.05) is 5.73 Å². The molecule has 2 aromatic rings. The van der Waals surface area contributed by atoms with Gasteiger partial charge in [-0.1, -0.05) is 22.8 Å². The van der Waals surface area contributed by atoms with Gasteiger partial charge < -0.3 is 10.3 Å². The third kappa shape index (κ3) is 1.97. The summed E-state index contributed by atoms with van der Waals surface area (Å²) in [5.41, 5.74) is 6.57. The Kier molecular flexibility index (Phi) is 2.74. The van der Waals surface area contributed by atoms with Crippen LogP contribution in [0.25, 0.3) is 11.1 Å². The van der Waals surface area contributed by atoms with E-state index in [1.54, 1.807) is 12.1 Å². The van der Waals surface area contributed by atoms with E-state index in [1.807, 2.05) is 0 Å². The highest BCUT2D eigenvalue weighted by molar-refractivity contribution is 6.33. The minimum Gasteiger partial charge on any atom is -0.380 e. The Balaban J connectivity index is 2.12. The SMILES string of the molecule is Nc1noc(CC2CC2)c1-c1c(F)cccc1Cl. The van der Waals surface area contributed by atoms with Gasteiger partial charge in [-0.3, -0.25) is 0 Å². The monoisotopic (exact) mass is 266 g/mol. The summed E-state index contributed by atoms with van der Waals surface area (Å²) in [5.74, 6) is 1.01. The molecule has 1 aromatic heterocycles. The van der Waals surface area contributed by atoms with Crippen LogP contribution in [0, 0.1) is 11.7 Å². The first-order valence-electron chi connectivity index (χ1n) is 5.85. The van der Waals surface area contributed by atoms with E-state index in [0.29, 0.717) is 22.3 Å². The zero-order chi connectivity index (χ0) is 12.7. The molecule has 1 saturated carbocycles. The minimum atomic E-state index is -0.408. The van der Waals surface area contributed by atoms with E-state index in [2.05, 4.69) is 5.16 Å². The Hall–Kier alpha value is -1.55. The summed E-state index contributed by atoms with van der Waals surface area (Å²) in [6, 6.07) is 4.55. The van der Waals surface area contributed by atoms with E-state index in [4.69, 9.17) is 21.9 Å². The Bertz CT molecular complexity index is 572. The number of benzene rings is 1. The molecular formula is C13H12ClFN2O.